The van der Waals surface area contributed by atoms with Crippen molar-refractivity contribution in [2.75, 3.05) is 0 Å². The van der Waals surface area contributed by atoms with E-state index in [1.165, 1.54) is 0 Å². The number of hydrogen-bond donors (Lipinski definition) is 0. The Morgan fingerprint density at radius 3 is 1.94 bits per heavy atom. The first-order chi connectivity index (χ1) is 26.3. The summed E-state index contributed by atoms with van der Waals surface area (Å²) in [5.41, 5.74) is 10.4. The summed E-state index contributed by atoms with van der Waals surface area (Å²) in [4.78, 5) is 9.93. The van der Waals surface area contributed by atoms with Crippen molar-refractivity contribution in [2.45, 2.75) is 0 Å². The minimum absolute atomic E-state index is 0. The Hall–Kier alpha value is -6.58. The molecule has 7 aromatic carbocycles. The van der Waals surface area contributed by atoms with Crippen LogP contribution in [0.25, 0.3) is 88.2 Å². The maximum Gasteiger partial charge on any atom is 2.00 e. The first kappa shape index (κ1) is 32.1. The van der Waals surface area contributed by atoms with E-state index in [-0.39, 0.29) is 20.4 Å². The fourth-order valence-electron chi connectivity index (χ4n) is 7.92. The van der Waals surface area contributed by atoms with Crippen LogP contribution < -0.4 is 4.74 Å². The molecule has 4 heterocycles. The van der Waals surface area contributed by atoms with Crippen molar-refractivity contribution in [1.29, 1.82) is 0 Å². The van der Waals surface area contributed by atoms with Gasteiger partial charge in [0.2, 0.25) is 0 Å². The van der Waals surface area contributed by atoms with Gasteiger partial charge in [0.15, 0.2) is 0 Å². The Morgan fingerprint density at radius 1 is 0.519 bits per heavy atom. The fraction of sp³-hybridized carbons (Fsp3) is 0. The van der Waals surface area contributed by atoms with E-state index in [0.29, 0.717) is 11.5 Å². The van der Waals surface area contributed by atoms with Crippen molar-refractivity contribution in [2.24, 2.45) is 0 Å². The summed E-state index contributed by atoms with van der Waals surface area (Å²) < 4.78 is 11.1. The van der Waals surface area contributed by atoms with Crippen molar-refractivity contribution in [3.63, 3.8) is 0 Å². The summed E-state index contributed by atoms with van der Waals surface area (Å²) in [7, 11) is 0. The van der Waals surface area contributed by atoms with E-state index in [4.69, 9.17) is 9.72 Å². The number of imidazole rings is 1. The van der Waals surface area contributed by atoms with Gasteiger partial charge in [-0.2, -0.15) is 6.07 Å². The molecule has 11 aromatic rings. The normalized spacial score (nSPS) is 11.6. The van der Waals surface area contributed by atoms with Gasteiger partial charge in [-0.05, 0) is 57.8 Å². The first-order valence-corrected chi connectivity index (χ1v) is 17.7. The van der Waals surface area contributed by atoms with Crippen LogP contribution >= 0.6 is 0 Å². The summed E-state index contributed by atoms with van der Waals surface area (Å²) in [5, 5.41) is 5.30. The number of nitrogens with zero attached hydrogens (tertiary/aromatic N) is 4. The number of para-hydroxylation sites is 3. The molecule has 0 saturated heterocycles. The quantitative estimate of drug-likeness (QED) is 0.0992. The van der Waals surface area contributed by atoms with Crippen LogP contribution in [0.15, 0.2) is 170 Å². The van der Waals surface area contributed by atoms with E-state index >= 15 is 0 Å². The SMILES string of the molecule is [Pd+2].[c-]1c(Oc2[c-]c3c(cc2)c2ccccc2n3-c2ccccn2)ccc2c1c1nc3ccccc3n1c1c(-c3ccccc3)ccc(-c3ccccc3)c21. The Labute approximate surface area is 324 Å². The van der Waals surface area contributed by atoms with Crippen LogP contribution in [0.3, 0.4) is 0 Å². The van der Waals surface area contributed by atoms with Crippen molar-refractivity contribution >= 4 is 60.2 Å². The van der Waals surface area contributed by atoms with Gasteiger partial charge in [-0.25, -0.2) is 4.98 Å². The van der Waals surface area contributed by atoms with E-state index in [0.717, 1.165) is 88.2 Å². The number of ether oxygens (including phenoxy) is 1. The molecule has 5 nitrogen and oxygen atoms in total. The molecule has 0 saturated carbocycles. The molecule has 0 fully saturated rings. The van der Waals surface area contributed by atoms with Crippen LogP contribution in [-0.4, -0.2) is 18.9 Å². The molecule has 0 spiro atoms. The third-order valence-electron chi connectivity index (χ3n) is 10.2. The Bertz CT molecular complexity index is 3190. The Balaban J connectivity index is 0.00000361. The topological polar surface area (TPSA) is 44.3 Å². The zero-order valence-corrected chi connectivity index (χ0v) is 30.2. The number of benzene rings is 7. The second-order valence-corrected chi connectivity index (χ2v) is 13.2. The minimum atomic E-state index is 0. The number of aromatic nitrogens is 4. The molecule has 6 heteroatoms. The Kier molecular flexibility index (Phi) is 7.62. The predicted octanol–water partition coefficient (Wildman–Crippen LogP) is 12.0. The molecule has 54 heavy (non-hydrogen) atoms. The van der Waals surface area contributed by atoms with Crippen molar-refractivity contribution in [3.8, 4) is 39.6 Å². The van der Waals surface area contributed by atoms with Gasteiger partial charge in [-0.15, -0.1) is 29.7 Å². The van der Waals surface area contributed by atoms with Crippen LogP contribution in [0.2, 0.25) is 0 Å². The molecule has 0 aliphatic rings. The molecule has 4 aromatic heterocycles. The average Bonchev–Trinajstić information content (AvgIpc) is 3.78. The van der Waals surface area contributed by atoms with E-state index in [2.05, 4.69) is 153 Å². The molecule has 11 rings (SSSR count). The molecular formula is C48H28N4OPd. The van der Waals surface area contributed by atoms with Gasteiger partial charge in [0, 0.05) is 34.3 Å². The monoisotopic (exact) mass is 782 g/mol. The zero-order chi connectivity index (χ0) is 34.9. The van der Waals surface area contributed by atoms with Gasteiger partial charge in [0.25, 0.3) is 0 Å². The zero-order valence-electron chi connectivity index (χ0n) is 28.7. The van der Waals surface area contributed by atoms with Crippen LogP contribution in [0, 0.1) is 12.1 Å². The molecule has 0 aliphatic carbocycles. The van der Waals surface area contributed by atoms with E-state index < -0.39 is 0 Å². The number of rotatable bonds is 5. The van der Waals surface area contributed by atoms with Gasteiger partial charge in [-0.1, -0.05) is 132 Å². The number of fused-ring (bicyclic) bond motifs is 11. The second-order valence-electron chi connectivity index (χ2n) is 13.2. The predicted molar refractivity (Wildman–Crippen MR) is 215 cm³/mol. The van der Waals surface area contributed by atoms with Crippen LogP contribution in [0.5, 0.6) is 11.5 Å². The molecule has 0 atom stereocenters. The third-order valence-corrected chi connectivity index (χ3v) is 10.2. The summed E-state index contributed by atoms with van der Waals surface area (Å²) in [6.45, 7) is 0. The minimum Gasteiger partial charge on any atom is -0.503 e. The summed E-state index contributed by atoms with van der Waals surface area (Å²) in [6.07, 6.45) is 1.82. The first-order valence-electron chi connectivity index (χ1n) is 17.7. The molecular weight excluding hydrogens is 755 g/mol. The molecule has 0 aliphatic heterocycles. The summed E-state index contributed by atoms with van der Waals surface area (Å²) in [5.74, 6) is 2.01. The molecule has 0 radical (unpaired) electrons. The Morgan fingerprint density at radius 2 is 1.17 bits per heavy atom. The molecule has 0 amide bonds. The fourth-order valence-corrected chi connectivity index (χ4v) is 7.92. The molecule has 0 unspecified atom stereocenters. The van der Waals surface area contributed by atoms with Crippen molar-refractivity contribution < 1.29 is 25.2 Å². The average molecular weight is 783 g/mol. The van der Waals surface area contributed by atoms with E-state index in [1.54, 1.807) is 0 Å². The van der Waals surface area contributed by atoms with Crippen LogP contribution in [0.1, 0.15) is 0 Å². The van der Waals surface area contributed by atoms with Crippen molar-refractivity contribution in [1.82, 2.24) is 18.9 Å². The van der Waals surface area contributed by atoms with Gasteiger partial charge < -0.3 is 13.7 Å². The van der Waals surface area contributed by atoms with E-state index in [9.17, 15) is 0 Å². The standard InChI is InChI=1S/C48H28N4O.Pd/c1-3-13-31(14-4-1)35-26-27-36(32-15-5-2-6-16-32)47-46(35)39-25-23-33(29-40(39)48-50-41-18-8-10-20-43(41)52(47)48)53-34-22-24-38-37-17-7-9-19-42(37)51(44(38)30-34)45-21-11-12-28-49-45;/h1-28H;/q-2;+2. The van der Waals surface area contributed by atoms with Gasteiger partial charge >= 0.3 is 20.4 Å². The van der Waals surface area contributed by atoms with Gasteiger partial charge in [0.1, 0.15) is 5.82 Å². The third kappa shape index (κ3) is 4.96. The molecule has 0 bridgehead atoms. The number of hydrogen-bond acceptors (Lipinski definition) is 3. The molecule has 256 valence electrons. The smallest absolute Gasteiger partial charge is 0.503 e. The largest absolute Gasteiger partial charge is 2.00 e. The maximum atomic E-state index is 6.64. The molecule has 0 N–H and O–H groups in total. The van der Waals surface area contributed by atoms with Gasteiger partial charge in [-0.3, -0.25) is 4.98 Å². The van der Waals surface area contributed by atoms with Gasteiger partial charge in [0.05, 0.1) is 16.7 Å². The van der Waals surface area contributed by atoms with Crippen LogP contribution in [-0.2, 0) is 20.4 Å². The van der Waals surface area contributed by atoms with Crippen LogP contribution in [0.4, 0.5) is 0 Å². The van der Waals surface area contributed by atoms with E-state index in [1.807, 2.05) is 42.6 Å². The maximum absolute atomic E-state index is 6.64. The summed E-state index contributed by atoms with van der Waals surface area (Å²) >= 11 is 0. The number of pyridine rings is 2. The second kappa shape index (κ2) is 12.8. The van der Waals surface area contributed by atoms with Crippen molar-refractivity contribution in [3.05, 3.63) is 182 Å². The summed E-state index contributed by atoms with van der Waals surface area (Å²) in [6, 6.07) is 63.9.